The van der Waals surface area contributed by atoms with E-state index in [-0.39, 0.29) is 11.5 Å². The Balaban J connectivity index is 1.30. The van der Waals surface area contributed by atoms with Crippen molar-refractivity contribution in [1.82, 2.24) is 19.4 Å². The first-order valence-electron chi connectivity index (χ1n) is 9.84. The number of hydrogen-bond acceptors (Lipinski definition) is 5. The number of likely N-dealkylation sites (tertiary alicyclic amines) is 1. The third kappa shape index (κ3) is 3.75. The molecule has 3 heterocycles. The Morgan fingerprint density at radius 1 is 1.27 bits per heavy atom. The maximum Gasteiger partial charge on any atom is 0.253 e. The van der Waals surface area contributed by atoms with Crippen LogP contribution in [0.2, 0.25) is 0 Å². The summed E-state index contributed by atoms with van der Waals surface area (Å²) in [5.41, 5.74) is 2.12. The Kier molecular flexibility index (Phi) is 4.94. The summed E-state index contributed by atoms with van der Waals surface area (Å²) in [7, 11) is 0. The second-order valence-corrected chi connectivity index (χ2v) is 8.01. The summed E-state index contributed by atoms with van der Waals surface area (Å²) in [6.07, 6.45) is 7.21. The van der Waals surface area contributed by atoms with E-state index in [9.17, 15) is 4.79 Å². The minimum Gasteiger partial charge on any atom is -0.444 e. The summed E-state index contributed by atoms with van der Waals surface area (Å²) in [6, 6.07) is 1.68. The van der Waals surface area contributed by atoms with Gasteiger partial charge in [-0.1, -0.05) is 13.8 Å². The molecule has 0 spiro atoms. The van der Waals surface area contributed by atoms with Gasteiger partial charge < -0.3 is 4.42 Å². The molecule has 0 amide bonds. The first-order chi connectivity index (χ1) is 12.6. The second kappa shape index (κ2) is 7.35. The average molecular weight is 356 g/mol. The van der Waals surface area contributed by atoms with Gasteiger partial charge in [0, 0.05) is 19.0 Å². The van der Waals surface area contributed by atoms with Gasteiger partial charge in [-0.3, -0.25) is 14.3 Å². The lowest BCUT2D eigenvalue weighted by Crippen LogP contribution is -2.36. The Morgan fingerprint density at radius 2 is 2.08 bits per heavy atom. The molecule has 0 radical (unpaired) electrons. The molecule has 0 bridgehead atoms. The van der Waals surface area contributed by atoms with Crippen LogP contribution in [0.1, 0.15) is 62.1 Å². The van der Waals surface area contributed by atoms with Crippen molar-refractivity contribution in [3.8, 4) is 0 Å². The van der Waals surface area contributed by atoms with Crippen LogP contribution in [-0.2, 0) is 25.9 Å². The number of aryl methyl sites for hydroxylation is 2. The summed E-state index contributed by atoms with van der Waals surface area (Å²) >= 11 is 0. The molecule has 0 aromatic carbocycles. The fourth-order valence-corrected chi connectivity index (χ4v) is 4.00. The maximum atomic E-state index is 12.3. The quantitative estimate of drug-likeness (QED) is 0.824. The summed E-state index contributed by atoms with van der Waals surface area (Å²) in [6.45, 7) is 7.76. The molecule has 0 atom stereocenters. The molecule has 0 unspecified atom stereocenters. The molecule has 6 nitrogen and oxygen atoms in total. The fourth-order valence-electron chi connectivity index (χ4n) is 4.00. The zero-order chi connectivity index (χ0) is 18.1. The molecule has 1 saturated heterocycles. The van der Waals surface area contributed by atoms with Crippen molar-refractivity contribution in [2.24, 2.45) is 5.92 Å². The number of oxazole rings is 1. The van der Waals surface area contributed by atoms with Crippen molar-refractivity contribution in [3.63, 3.8) is 0 Å². The molecule has 2 aliphatic rings. The average Bonchev–Trinajstić information content (AvgIpc) is 3.19. The molecule has 1 fully saturated rings. The highest BCUT2D eigenvalue weighted by Gasteiger charge is 2.23. The molecule has 2 aromatic heterocycles. The SMILES string of the molecule is CC(C)c1cc(=O)n(CC2CCN(Cc3nc4c(o3)CCC4)CC2)cn1. The predicted octanol–water partition coefficient (Wildman–Crippen LogP) is 2.76. The largest absolute Gasteiger partial charge is 0.444 e. The first-order valence-corrected chi connectivity index (χ1v) is 9.84. The van der Waals surface area contributed by atoms with Crippen LogP contribution in [0.5, 0.6) is 0 Å². The van der Waals surface area contributed by atoms with Gasteiger partial charge in [0.25, 0.3) is 5.56 Å². The van der Waals surface area contributed by atoms with Crippen molar-refractivity contribution < 1.29 is 4.42 Å². The van der Waals surface area contributed by atoms with Crippen LogP contribution in [0, 0.1) is 5.92 Å². The van der Waals surface area contributed by atoms with Gasteiger partial charge >= 0.3 is 0 Å². The highest BCUT2D eigenvalue weighted by atomic mass is 16.4. The highest BCUT2D eigenvalue weighted by molar-refractivity contribution is 5.15. The zero-order valence-electron chi connectivity index (χ0n) is 15.8. The lowest BCUT2D eigenvalue weighted by atomic mass is 9.96. The Labute approximate surface area is 154 Å². The number of piperidine rings is 1. The van der Waals surface area contributed by atoms with Crippen molar-refractivity contribution in [1.29, 1.82) is 0 Å². The van der Waals surface area contributed by atoms with E-state index in [4.69, 9.17) is 4.42 Å². The summed E-state index contributed by atoms with van der Waals surface area (Å²) in [5.74, 6) is 2.80. The van der Waals surface area contributed by atoms with Gasteiger partial charge in [0.15, 0.2) is 0 Å². The molecule has 1 aliphatic carbocycles. The van der Waals surface area contributed by atoms with E-state index in [1.807, 2.05) is 0 Å². The first kappa shape index (κ1) is 17.5. The van der Waals surface area contributed by atoms with Crippen LogP contribution in [-0.4, -0.2) is 32.5 Å². The predicted molar refractivity (Wildman–Crippen MR) is 99.1 cm³/mol. The molecule has 6 heteroatoms. The van der Waals surface area contributed by atoms with Crippen LogP contribution < -0.4 is 5.56 Å². The Bertz CT molecular complexity index is 794. The molecule has 4 rings (SSSR count). The summed E-state index contributed by atoms with van der Waals surface area (Å²) < 4.78 is 7.66. The maximum absolute atomic E-state index is 12.3. The van der Waals surface area contributed by atoms with Crippen LogP contribution in [0.25, 0.3) is 0 Å². The van der Waals surface area contributed by atoms with Crippen LogP contribution in [0.4, 0.5) is 0 Å². The van der Waals surface area contributed by atoms with E-state index in [2.05, 4.69) is 28.7 Å². The Morgan fingerprint density at radius 3 is 2.77 bits per heavy atom. The van der Waals surface area contributed by atoms with Crippen molar-refractivity contribution >= 4 is 0 Å². The van der Waals surface area contributed by atoms with Crippen LogP contribution >= 0.6 is 0 Å². The lowest BCUT2D eigenvalue weighted by molar-refractivity contribution is 0.153. The number of hydrogen-bond donors (Lipinski definition) is 0. The molecule has 26 heavy (non-hydrogen) atoms. The van der Waals surface area contributed by atoms with Crippen molar-refractivity contribution in [2.45, 2.75) is 65.0 Å². The number of nitrogens with zero attached hydrogens (tertiary/aromatic N) is 4. The third-order valence-electron chi connectivity index (χ3n) is 5.65. The van der Waals surface area contributed by atoms with Gasteiger partial charge in [0.05, 0.1) is 24.3 Å². The molecule has 140 valence electrons. The smallest absolute Gasteiger partial charge is 0.253 e. The normalized spacial score (nSPS) is 18.6. The van der Waals surface area contributed by atoms with Gasteiger partial charge in [0.1, 0.15) is 5.76 Å². The van der Waals surface area contributed by atoms with E-state index >= 15 is 0 Å². The second-order valence-electron chi connectivity index (χ2n) is 8.01. The summed E-state index contributed by atoms with van der Waals surface area (Å²) in [4.78, 5) is 23.8. The lowest BCUT2D eigenvalue weighted by Gasteiger charge is -2.31. The topological polar surface area (TPSA) is 64.2 Å². The van der Waals surface area contributed by atoms with E-state index in [1.54, 1.807) is 17.0 Å². The minimum atomic E-state index is 0.0698. The molecule has 0 saturated carbocycles. The zero-order valence-corrected chi connectivity index (χ0v) is 15.8. The van der Waals surface area contributed by atoms with E-state index < -0.39 is 0 Å². The van der Waals surface area contributed by atoms with Gasteiger partial charge in [0.2, 0.25) is 5.89 Å². The summed E-state index contributed by atoms with van der Waals surface area (Å²) in [5, 5.41) is 0. The van der Waals surface area contributed by atoms with E-state index in [1.165, 1.54) is 12.1 Å². The minimum absolute atomic E-state index is 0.0698. The molecule has 1 aliphatic heterocycles. The molecule has 2 aromatic rings. The highest BCUT2D eigenvalue weighted by Crippen LogP contribution is 2.25. The Hall–Kier alpha value is -1.95. The van der Waals surface area contributed by atoms with E-state index in [0.29, 0.717) is 5.92 Å². The number of aromatic nitrogens is 3. The van der Waals surface area contributed by atoms with Crippen LogP contribution in [0.3, 0.4) is 0 Å². The number of rotatable bonds is 5. The van der Waals surface area contributed by atoms with E-state index in [0.717, 1.165) is 69.2 Å². The molecular weight excluding hydrogens is 328 g/mol. The van der Waals surface area contributed by atoms with Gasteiger partial charge in [-0.2, -0.15) is 0 Å². The third-order valence-corrected chi connectivity index (χ3v) is 5.65. The fraction of sp³-hybridized carbons (Fsp3) is 0.650. The van der Waals surface area contributed by atoms with Crippen molar-refractivity contribution in [3.05, 3.63) is 45.8 Å². The molecule has 0 N–H and O–H groups in total. The molecular formula is C20H28N4O2. The van der Waals surface area contributed by atoms with Gasteiger partial charge in [-0.05, 0) is 50.6 Å². The van der Waals surface area contributed by atoms with Crippen LogP contribution in [0.15, 0.2) is 21.6 Å². The number of fused-ring (bicyclic) bond motifs is 1. The van der Waals surface area contributed by atoms with Crippen molar-refractivity contribution in [2.75, 3.05) is 13.1 Å². The van der Waals surface area contributed by atoms with Gasteiger partial charge in [-0.15, -0.1) is 0 Å². The standard InChI is InChI=1S/C20H28N4O2/c1-14(2)17-10-20(25)24(13-21-17)11-15-6-8-23(9-7-15)12-19-22-16-4-3-5-18(16)26-19/h10,13-15H,3-9,11-12H2,1-2H3. The monoisotopic (exact) mass is 356 g/mol. The van der Waals surface area contributed by atoms with Gasteiger partial charge in [-0.25, -0.2) is 9.97 Å².